The Hall–Kier alpha value is -1.74. The molecule has 0 spiro atoms. The van der Waals surface area contributed by atoms with Gasteiger partial charge in [-0.05, 0) is 12.1 Å². The second-order valence-corrected chi connectivity index (χ2v) is 3.34. The second kappa shape index (κ2) is 4.66. The number of nitrogens with zero attached hydrogens (tertiary/aromatic N) is 2. The van der Waals surface area contributed by atoms with Crippen LogP contribution in [0.25, 0.3) is 0 Å². The Balaban J connectivity index is 2.08. The van der Waals surface area contributed by atoms with Crippen LogP contribution in [0.1, 0.15) is 11.8 Å². The first-order valence-electron chi connectivity index (χ1n) is 4.89. The maximum atomic E-state index is 9.89. The van der Waals surface area contributed by atoms with Crippen LogP contribution in [0, 0.1) is 0 Å². The topological polar surface area (TPSA) is 37.0 Å². The number of aliphatic hydroxyl groups excluding tert-OH is 1. The molecule has 0 aliphatic rings. The Morgan fingerprint density at radius 3 is 2.60 bits per heavy atom. The highest BCUT2D eigenvalue weighted by Gasteiger charge is 2.13. The summed E-state index contributed by atoms with van der Waals surface area (Å²) in [5.41, 5.74) is 0.703. The Bertz CT molecular complexity index is 402. The molecule has 76 valence electrons. The highest BCUT2D eigenvalue weighted by atomic mass is 16.3. The molecule has 0 saturated carbocycles. The predicted molar refractivity (Wildman–Crippen MR) is 55.8 cm³/mol. The molecule has 3 heteroatoms. The molecule has 0 aromatic carbocycles. The highest BCUT2D eigenvalue weighted by Crippen LogP contribution is 2.07. The van der Waals surface area contributed by atoms with E-state index in [1.807, 2.05) is 53.4 Å². The van der Waals surface area contributed by atoms with Gasteiger partial charge in [0.2, 0.25) is 0 Å². The summed E-state index contributed by atoms with van der Waals surface area (Å²) in [6.07, 6.45) is 4.98. The van der Waals surface area contributed by atoms with Gasteiger partial charge in [0, 0.05) is 18.3 Å². The SMILES string of the molecule is OC(C[n+]1ccccc1)c1ccccn1. The zero-order chi connectivity index (χ0) is 10.5. The molecule has 0 fully saturated rings. The summed E-state index contributed by atoms with van der Waals surface area (Å²) in [7, 11) is 0. The first-order chi connectivity index (χ1) is 7.36. The van der Waals surface area contributed by atoms with Gasteiger partial charge in [-0.1, -0.05) is 12.1 Å². The zero-order valence-electron chi connectivity index (χ0n) is 8.32. The zero-order valence-corrected chi connectivity index (χ0v) is 8.32. The molecule has 1 unspecified atom stereocenters. The minimum Gasteiger partial charge on any atom is -0.380 e. The van der Waals surface area contributed by atoms with Crippen molar-refractivity contribution in [1.82, 2.24) is 4.98 Å². The van der Waals surface area contributed by atoms with E-state index in [2.05, 4.69) is 4.98 Å². The molecule has 3 nitrogen and oxygen atoms in total. The van der Waals surface area contributed by atoms with Gasteiger partial charge in [-0.25, -0.2) is 4.57 Å². The first kappa shape index (κ1) is 9.80. The monoisotopic (exact) mass is 201 g/mol. The minimum atomic E-state index is -0.557. The highest BCUT2D eigenvalue weighted by molar-refractivity contribution is 5.05. The van der Waals surface area contributed by atoms with Crippen LogP contribution >= 0.6 is 0 Å². The lowest BCUT2D eigenvalue weighted by molar-refractivity contribution is -0.704. The minimum absolute atomic E-state index is 0.526. The molecule has 0 aliphatic carbocycles. The molecule has 2 aromatic heterocycles. The second-order valence-electron chi connectivity index (χ2n) is 3.34. The van der Waals surface area contributed by atoms with E-state index in [0.717, 1.165) is 0 Å². The van der Waals surface area contributed by atoms with Crippen molar-refractivity contribution in [2.45, 2.75) is 12.6 Å². The van der Waals surface area contributed by atoms with Crippen LogP contribution in [0.4, 0.5) is 0 Å². The molecule has 15 heavy (non-hydrogen) atoms. The lowest BCUT2D eigenvalue weighted by atomic mass is 10.2. The third-order valence-electron chi connectivity index (χ3n) is 2.19. The molecule has 0 saturated heterocycles. The van der Waals surface area contributed by atoms with Gasteiger partial charge in [0.15, 0.2) is 25.0 Å². The van der Waals surface area contributed by atoms with E-state index < -0.39 is 6.10 Å². The lowest BCUT2D eigenvalue weighted by Gasteiger charge is -2.05. The summed E-state index contributed by atoms with van der Waals surface area (Å²) < 4.78 is 1.93. The quantitative estimate of drug-likeness (QED) is 0.755. The number of hydrogen-bond acceptors (Lipinski definition) is 2. The lowest BCUT2D eigenvalue weighted by Crippen LogP contribution is -2.35. The Kier molecular flexibility index (Phi) is 3.05. The molecule has 0 radical (unpaired) electrons. The molecule has 0 bridgehead atoms. The summed E-state index contributed by atoms with van der Waals surface area (Å²) in [5, 5.41) is 9.89. The summed E-state index contributed by atoms with van der Waals surface area (Å²) in [6.45, 7) is 0.526. The van der Waals surface area contributed by atoms with E-state index in [4.69, 9.17) is 0 Å². The van der Waals surface area contributed by atoms with Gasteiger partial charge in [-0.2, -0.15) is 0 Å². The maximum absolute atomic E-state index is 9.89. The largest absolute Gasteiger partial charge is 0.380 e. The first-order valence-corrected chi connectivity index (χ1v) is 4.89. The van der Waals surface area contributed by atoms with Crippen molar-refractivity contribution in [3.63, 3.8) is 0 Å². The van der Waals surface area contributed by atoms with Gasteiger partial charge in [-0.3, -0.25) is 4.98 Å². The predicted octanol–water partition coefficient (Wildman–Crippen LogP) is 1.10. The van der Waals surface area contributed by atoms with Crippen LogP contribution in [0.3, 0.4) is 0 Å². The maximum Gasteiger partial charge on any atom is 0.179 e. The van der Waals surface area contributed by atoms with Crippen molar-refractivity contribution in [2.24, 2.45) is 0 Å². The number of rotatable bonds is 3. The standard InChI is InChI=1S/C12H13N2O/c15-12(11-6-2-3-7-13-11)10-14-8-4-1-5-9-14/h1-9,12,15H,10H2/q+1. The summed E-state index contributed by atoms with van der Waals surface area (Å²) >= 11 is 0. The summed E-state index contributed by atoms with van der Waals surface area (Å²) in [4.78, 5) is 4.11. The van der Waals surface area contributed by atoms with Crippen molar-refractivity contribution in [2.75, 3.05) is 0 Å². The molecule has 1 atom stereocenters. The molecule has 0 aliphatic heterocycles. The number of pyridine rings is 2. The molecule has 2 rings (SSSR count). The van der Waals surface area contributed by atoms with E-state index in [1.54, 1.807) is 6.20 Å². The van der Waals surface area contributed by atoms with Crippen molar-refractivity contribution < 1.29 is 9.67 Å². The summed E-state index contributed by atoms with van der Waals surface area (Å²) in [6, 6.07) is 11.4. The molecule has 2 heterocycles. The van der Waals surface area contributed by atoms with Gasteiger partial charge in [0.05, 0.1) is 5.69 Å². The number of aliphatic hydroxyl groups is 1. The van der Waals surface area contributed by atoms with Gasteiger partial charge in [0.25, 0.3) is 0 Å². The molecule has 1 N–H and O–H groups in total. The van der Waals surface area contributed by atoms with Crippen molar-refractivity contribution in [1.29, 1.82) is 0 Å². The number of aromatic nitrogens is 2. The van der Waals surface area contributed by atoms with Crippen LogP contribution in [-0.4, -0.2) is 10.1 Å². The fourth-order valence-electron chi connectivity index (χ4n) is 1.42. The Morgan fingerprint density at radius 1 is 1.13 bits per heavy atom. The molecular formula is C12H13N2O+. The van der Waals surface area contributed by atoms with E-state index in [9.17, 15) is 5.11 Å². The van der Waals surface area contributed by atoms with Gasteiger partial charge in [0.1, 0.15) is 0 Å². The van der Waals surface area contributed by atoms with Crippen molar-refractivity contribution >= 4 is 0 Å². The van der Waals surface area contributed by atoms with Crippen LogP contribution in [-0.2, 0) is 6.54 Å². The average molecular weight is 201 g/mol. The van der Waals surface area contributed by atoms with E-state index >= 15 is 0 Å². The average Bonchev–Trinajstić information content (AvgIpc) is 2.31. The fourth-order valence-corrected chi connectivity index (χ4v) is 1.42. The molecule has 0 amide bonds. The van der Waals surface area contributed by atoms with Crippen LogP contribution in [0.2, 0.25) is 0 Å². The van der Waals surface area contributed by atoms with Crippen molar-refractivity contribution in [3.05, 3.63) is 60.7 Å². The Labute approximate surface area is 88.7 Å². The van der Waals surface area contributed by atoms with Gasteiger partial charge < -0.3 is 5.11 Å². The molecule has 2 aromatic rings. The van der Waals surface area contributed by atoms with Crippen molar-refractivity contribution in [3.8, 4) is 0 Å². The van der Waals surface area contributed by atoms with E-state index in [-0.39, 0.29) is 0 Å². The van der Waals surface area contributed by atoms with E-state index in [1.165, 1.54) is 0 Å². The van der Waals surface area contributed by atoms with Crippen LogP contribution in [0.5, 0.6) is 0 Å². The molecular weight excluding hydrogens is 188 g/mol. The summed E-state index contributed by atoms with van der Waals surface area (Å²) in [5.74, 6) is 0. The fraction of sp³-hybridized carbons (Fsp3) is 0.167. The van der Waals surface area contributed by atoms with E-state index in [0.29, 0.717) is 12.2 Å². The van der Waals surface area contributed by atoms with Gasteiger partial charge in [-0.15, -0.1) is 0 Å². The van der Waals surface area contributed by atoms with Crippen LogP contribution < -0.4 is 4.57 Å². The normalized spacial score (nSPS) is 12.3. The third-order valence-corrected chi connectivity index (χ3v) is 2.19. The smallest absolute Gasteiger partial charge is 0.179 e. The number of hydrogen-bond donors (Lipinski definition) is 1. The van der Waals surface area contributed by atoms with Gasteiger partial charge >= 0.3 is 0 Å². The third kappa shape index (κ3) is 2.60. The van der Waals surface area contributed by atoms with Crippen LogP contribution in [0.15, 0.2) is 55.0 Å². The Morgan fingerprint density at radius 2 is 1.93 bits per heavy atom.